The van der Waals surface area contributed by atoms with Crippen molar-refractivity contribution in [2.45, 2.75) is 18.2 Å². The van der Waals surface area contributed by atoms with E-state index in [-0.39, 0.29) is 10.6 Å². The zero-order valence-electron chi connectivity index (χ0n) is 17.2. The molecule has 0 spiro atoms. The van der Waals surface area contributed by atoms with Crippen molar-refractivity contribution >= 4 is 27.3 Å². The second-order valence-corrected chi connectivity index (χ2v) is 8.58. The number of aryl methyl sites for hydroxylation is 1. The molecule has 0 saturated heterocycles. The number of para-hydroxylation sites is 1. The van der Waals surface area contributed by atoms with Gasteiger partial charge in [0.1, 0.15) is 18.1 Å². The summed E-state index contributed by atoms with van der Waals surface area (Å²) >= 11 is 0. The van der Waals surface area contributed by atoms with Crippen LogP contribution in [0.5, 0.6) is 5.75 Å². The molecule has 31 heavy (non-hydrogen) atoms. The van der Waals surface area contributed by atoms with E-state index in [1.54, 1.807) is 36.4 Å². The Balaban J connectivity index is 1.95. The lowest BCUT2D eigenvalue weighted by molar-refractivity contribution is -0.114. The molecule has 0 aliphatic rings. The number of methoxy groups -OCH3 is 1. The van der Waals surface area contributed by atoms with Crippen molar-refractivity contribution in [3.05, 3.63) is 84.2 Å². The molecule has 8 heteroatoms. The summed E-state index contributed by atoms with van der Waals surface area (Å²) in [4.78, 5) is 12.7. The molecule has 0 heterocycles. The third kappa shape index (κ3) is 5.21. The van der Waals surface area contributed by atoms with Gasteiger partial charge in [-0.2, -0.15) is 0 Å². The van der Waals surface area contributed by atoms with E-state index in [1.807, 2.05) is 19.1 Å². The molecule has 0 aliphatic carbocycles. The maximum atomic E-state index is 13.3. The molecule has 6 nitrogen and oxygen atoms in total. The first-order chi connectivity index (χ1) is 14.8. The van der Waals surface area contributed by atoms with Crippen molar-refractivity contribution in [2.24, 2.45) is 0 Å². The molecule has 0 aliphatic heterocycles. The first kappa shape index (κ1) is 22.3. The van der Waals surface area contributed by atoms with E-state index >= 15 is 0 Å². The Hall–Kier alpha value is -3.39. The lowest BCUT2D eigenvalue weighted by Gasteiger charge is -2.24. The van der Waals surface area contributed by atoms with Crippen molar-refractivity contribution in [3.63, 3.8) is 0 Å². The third-order valence-electron chi connectivity index (χ3n) is 4.72. The largest absolute Gasteiger partial charge is 0.497 e. The second-order valence-electron chi connectivity index (χ2n) is 6.72. The first-order valence-corrected chi connectivity index (χ1v) is 11.1. The minimum Gasteiger partial charge on any atom is -0.497 e. The average molecular weight is 443 g/mol. The number of nitrogens with zero attached hydrogens (tertiary/aromatic N) is 1. The summed E-state index contributed by atoms with van der Waals surface area (Å²) in [5.41, 5.74) is 1.85. The monoisotopic (exact) mass is 442 g/mol. The van der Waals surface area contributed by atoms with Crippen LogP contribution < -0.4 is 14.4 Å². The third-order valence-corrected chi connectivity index (χ3v) is 6.51. The Bertz CT molecular complexity index is 1150. The number of halogens is 1. The fourth-order valence-corrected chi connectivity index (χ4v) is 4.49. The van der Waals surface area contributed by atoms with Crippen LogP contribution >= 0.6 is 0 Å². The highest BCUT2D eigenvalue weighted by Crippen LogP contribution is 2.26. The smallest absolute Gasteiger partial charge is 0.264 e. The van der Waals surface area contributed by atoms with Crippen molar-refractivity contribution in [1.29, 1.82) is 0 Å². The molecular weight excluding hydrogens is 419 g/mol. The molecule has 0 bridgehead atoms. The highest BCUT2D eigenvalue weighted by molar-refractivity contribution is 7.92. The van der Waals surface area contributed by atoms with E-state index in [4.69, 9.17) is 4.74 Å². The lowest BCUT2D eigenvalue weighted by Crippen LogP contribution is -2.38. The summed E-state index contributed by atoms with van der Waals surface area (Å²) in [5.74, 6) is -0.504. The molecule has 0 saturated carbocycles. The van der Waals surface area contributed by atoms with Crippen LogP contribution in [0.25, 0.3) is 0 Å². The number of anilines is 2. The van der Waals surface area contributed by atoms with Gasteiger partial charge in [-0.25, -0.2) is 12.8 Å². The lowest BCUT2D eigenvalue weighted by atomic mass is 10.1. The van der Waals surface area contributed by atoms with E-state index in [0.717, 1.165) is 22.0 Å². The Morgan fingerprint density at radius 1 is 1.00 bits per heavy atom. The molecule has 1 N–H and O–H groups in total. The Labute approximate surface area is 181 Å². The summed E-state index contributed by atoms with van der Waals surface area (Å²) < 4.78 is 46.0. The van der Waals surface area contributed by atoms with Gasteiger partial charge < -0.3 is 10.1 Å². The molecule has 3 rings (SSSR count). The van der Waals surface area contributed by atoms with Crippen LogP contribution in [0, 0.1) is 5.82 Å². The van der Waals surface area contributed by atoms with E-state index in [9.17, 15) is 17.6 Å². The zero-order chi connectivity index (χ0) is 22.4. The number of sulfonamides is 1. The van der Waals surface area contributed by atoms with Gasteiger partial charge in [-0.05, 0) is 66.6 Å². The van der Waals surface area contributed by atoms with Crippen molar-refractivity contribution in [1.82, 2.24) is 0 Å². The number of carbonyl (C=O) groups excluding carboxylic acids is 1. The maximum absolute atomic E-state index is 13.3. The molecule has 3 aromatic carbocycles. The highest BCUT2D eigenvalue weighted by Gasteiger charge is 2.27. The van der Waals surface area contributed by atoms with E-state index in [1.165, 1.54) is 19.2 Å². The zero-order valence-corrected chi connectivity index (χ0v) is 18.0. The van der Waals surface area contributed by atoms with Crippen LogP contribution in [0.15, 0.2) is 77.7 Å². The van der Waals surface area contributed by atoms with Crippen molar-refractivity contribution in [2.75, 3.05) is 23.3 Å². The first-order valence-electron chi connectivity index (χ1n) is 9.65. The number of amides is 1. The predicted molar refractivity (Wildman–Crippen MR) is 118 cm³/mol. The van der Waals surface area contributed by atoms with Gasteiger partial charge in [-0.15, -0.1) is 0 Å². The molecule has 0 atom stereocenters. The second kappa shape index (κ2) is 9.61. The summed E-state index contributed by atoms with van der Waals surface area (Å²) in [6.45, 7) is 1.51. The predicted octanol–water partition coefficient (Wildman–Crippen LogP) is 4.23. The van der Waals surface area contributed by atoms with Crippen molar-refractivity contribution in [3.8, 4) is 5.75 Å². The number of nitrogens with one attached hydrogen (secondary N) is 1. The molecule has 1 amide bonds. The molecule has 0 aromatic heterocycles. The van der Waals surface area contributed by atoms with E-state index in [2.05, 4.69) is 5.32 Å². The Morgan fingerprint density at radius 2 is 1.65 bits per heavy atom. The summed E-state index contributed by atoms with van der Waals surface area (Å²) in [7, 11) is -2.63. The van der Waals surface area contributed by atoms with E-state index in [0.29, 0.717) is 17.9 Å². The van der Waals surface area contributed by atoms with Gasteiger partial charge in [0.2, 0.25) is 5.91 Å². The summed E-state index contributed by atoms with van der Waals surface area (Å²) in [6.07, 6.45) is 0.715. The van der Waals surface area contributed by atoms with Crippen LogP contribution in [-0.2, 0) is 21.2 Å². The minimum atomic E-state index is -4.13. The fraction of sp³-hybridized carbons (Fsp3) is 0.174. The summed E-state index contributed by atoms with van der Waals surface area (Å²) in [5, 5.41) is 2.79. The van der Waals surface area contributed by atoms with E-state index < -0.39 is 28.3 Å². The summed E-state index contributed by atoms with van der Waals surface area (Å²) in [6, 6.07) is 18.1. The van der Waals surface area contributed by atoms with Crippen LogP contribution in [-0.4, -0.2) is 28.0 Å². The van der Waals surface area contributed by atoms with Gasteiger partial charge in [0.25, 0.3) is 10.0 Å². The quantitative estimate of drug-likeness (QED) is 0.567. The topological polar surface area (TPSA) is 75.7 Å². The van der Waals surface area contributed by atoms with Crippen LogP contribution in [0.2, 0.25) is 0 Å². The van der Waals surface area contributed by atoms with Crippen LogP contribution in [0.3, 0.4) is 0 Å². The van der Waals surface area contributed by atoms with Gasteiger partial charge in [-0.3, -0.25) is 9.10 Å². The number of hydrogen-bond donors (Lipinski definition) is 1. The van der Waals surface area contributed by atoms with Gasteiger partial charge in [0.05, 0.1) is 17.7 Å². The SMILES string of the molecule is CCc1ccccc1NC(=O)CN(c1ccc(OC)cc1)S(=O)(=O)c1ccc(F)cc1. The molecule has 0 fully saturated rings. The number of ether oxygens (including phenoxy) is 1. The van der Waals surface area contributed by atoms with Crippen molar-refractivity contribution < 1.29 is 22.3 Å². The Morgan fingerprint density at radius 3 is 2.26 bits per heavy atom. The minimum absolute atomic E-state index is 0.119. The standard InChI is InChI=1S/C23H23FN2O4S/c1-3-17-6-4-5-7-22(17)25-23(27)16-26(19-10-12-20(30-2)13-11-19)31(28,29)21-14-8-18(24)9-15-21/h4-15H,3,16H2,1-2H3,(H,25,27). The molecule has 0 radical (unpaired) electrons. The molecule has 0 unspecified atom stereocenters. The molecular formula is C23H23FN2O4S. The average Bonchev–Trinajstić information content (AvgIpc) is 2.78. The Kier molecular flexibility index (Phi) is 6.91. The molecule has 3 aromatic rings. The normalized spacial score (nSPS) is 11.1. The van der Waals surface area contributed by atoms with Gasteiger partial charge in [-0.1, -0.05) is 25.1 Å². The highest BCUT2D eigenvalue weighted by atomic mass is 32.2. The van der Waals surface area contributed by atoms with Gasteiger partial charge in [0.15, 0.2) is 0 Å². The van der Waals surface area contributed by atoms with Crippen LogP contribution in [0.1, 0.15) is 12.5 Å². The van der Waals surface area contributed by atoms with Gasteiger partial charge in [0, 0.05) is 5.69 Å². The maximum Gasteiger partial charge on any atom is 0.264 e. The number of benzene rings is 3. The molecule has 162 valence electrons. The number of hydrogen-bond acceptors (Lipinski definition) is 4. The van der Waals surface area contributed by atoms with Gasteiger partial charge >= 0.3 is 0 Å². The van der Waals surface area contributed by atoms with Crippen LogP contribution in [0.4, 0.5) is 15.8 Å². The number of rotatable bonds is 8. The fourth-order valence-electron chi connectivity index (χ4n) is 3.07. The number of carbonyl (C=O) groups is 1.